The Morgan fingerprint density at radius 3 is 2.47 bits per heavy atom. The van der Waals surface area contributed by atoms with Gasteiger partial charge in [-0.2, -0.15) is 0 Å². The van der Waals surface area contributed by atoms with Gasteiger partial charge >= 0.3 is 5.97 Å². The van der Waals surface area contributed by atoms with Crippen LogP contribution in [0.1, 0.15) is 39.0 Å². The minimum Gasteiger partial charge on any atom is -0.481 e. The molecule has 0 aromatic rings. The van der Waals surface area contributed by atoms with Gasteiger partial charge in [-0.1, -0.05) is 0 Å². The lowest BCUT2D eigenvalue weighted by atomic mass is 9.90. The first-order valence-electron chi connectivity index (χ1n) is 5.70. The van der Waals surface area contributed by atoms with Crippen molar-refractivity contribution in [3.8, 4) is 0 Å². The summed E-state index contributed by atoms with van der Waals surface area (Å²) >= 11 is 0. The Morgan fingerprint density at radius 2 is 2.00 bits per heavy atom. The van der Waals surface area contributed by atoms with Crippen molar-refractivity contribution in [1.29, 1.82) is 0 Å². The molecule has 1 unspecified atom stereocenters. The van der Waals surface area contributed by atoms with Crippen molar-refractivity contribution in [2.24, 2.45) is 5.73 Å². The molecule has 1 aliphatic rings. The van der Waals surface area contributed by atoms with Crippen LogP contribution in [-0.4, -0.2) is 41.1 Å². The Labute approximate surface area is 91.4 Å². The molecule has 0 aromatic carbocycles. The first-order chi connectivity index (χ1) is 7.00. The zero-order valence-corrected chi connectivity index (χ0v) is 9.65. The van der Waals surface area contributed by atoms with Crippen molar-refractivity contribution >= 4 is 5.97 Å². The molecule has 0 amide bonds. The van der Waals surface area contributed by atoms with Crippen LogP contribution in [0.5, 0.6) is 0 Å². The van der Waals surface area contributed by atoms with E-state index in [1.54, 1.807) is 0 Å². The van der Waals surface area contributed by atoms with Crippen LogP contribution in [0.25, 0.3) is 0 Å². The quantitative estimate of drug-likeness (QED) is 0.734. The average Bonchev–Trinajstić information content (AvgIpc) is 2.17. The molecule has 1 atom stereocenters. The summed E-state index contributed by atoms with van der Waals surface area (Å²) in [6, 6.07) is 0.977. The molecule has 1 saturated carbocycles. The molecule has 0 radical (unpaired) electrons. The number of carbonyl (C=O) groups is 1. The lowest BCUT2D eigenvalue weighted by Gasteiger charge is -2.36. The van der Waals surface area contributed by atoms with Crippen molar-refractivity contribution in [1.82, 2.24) is 4.90 Å². The van der Waals surface area contributed by atoms with Gasteiger partial charge in [0, 0.05) is 18.1 Å². The van der Waals surface area contributed by atoms with Gasteiger partial charge in [-0.15, -0.1) is 0 Å². The molecular formula is C11H22N2O2. The Kier molecular flexibility index (Phi) is 4.54. The largest absolute Gasteiger partial charge is 0.481 e. The zero-order valence-electron chi connectivity index (χ0n) is 9.65. The number of rotatable bonds is 4. The van der Waals surface area contributed by atoms with Crippen LogP contribution < -0.4 is 5.73 Å². The van der Waals surface area contributed by atoms with Gasteiger partial charge in [-0.25, -0.2) is 0 Å². The first-order valence-corrected chi connectivity index (χ1v) is 5.70. The summed E-state index contributed by atoms with van der Waals surface area (Å²) in [6.07, 6.45) is 4.55. The van der Waals surface area contributed by atoms with E-state index in [0.717, 1.165) is 25.7 Å². The van der Waals surface area contributed by atoms with Crippen molar-refractivity contribution in [2.45, 2.75) is 57.2 Å². The van der Waals surface area contributed by atoms with Gasteiger partial charge in [0.1, 0.15) is 0 Å². The number of carboxylic acids is 1. The Bertz CT molecular complexity index is 213. The smallest absolute Gasteiger partial charge is 0.304 e. The van der Waals surface area contributed by atoms with Gasteiger partial charge in [-0.3, -0.25) is 4.79 Å². The predicted molar refractivity (Wildman–Crippen MR) is 59.7 cm³/mol. The number of hydrogen-bond acceptors (Lipinski definition) is 3. The summed E-state index contributed by atoms with van der Waals surface area (Å²) in [5, 5.41) is 8.73. The molecule has 0 spiro atoms. The highest BCUT2D eigenvalue weighted by molar-refractivity contribution is 5.67. The van der Waals surface area contributed by atoms with E-state index in [1.807, 2.05) is 14.0 Å². The van der Waals surface area contributed by atoms with E-state index >= 15 is 0 Å². The second-order valence-electron chi connectivity index (χ2n) is 4.68. The lowest BCUT2D eigenvalue weighted by molar-refractivity contribution is -0.138. The summed E-state index contributed by atoms with van der Waals surface area (Å²) in [7, 11) is 2.02. The molecule has 0 bridgehead atoms. The molecule has 15 heavy (non-hydrogen) atoms. The molecule has 0 saturated heterocycles. The molecule has 0 heterocycles. The van der Waals surface area contributed by atoms with Crippen LogP contribution in [0.3, 0.4) is 0 Å². The van der Waals surface area contributed by atoms with Crippen LogP contribution in [0.4, 0.5) is 0 Å². The standard InChI is InChI=1S/C11H22N2O2/c1-8(7-11(14)15)13(2)10-5-3-9(12)4-6-10/h8-10H,3-7,12H2,1-2H3,(H,14,15). The maximum atomic E-state index is 10.6. The molecule has 88 valence electrons. The van der Waals surface area contributed by atoms with Gasteiger partial charge in [0.05, 0.1) is 6.42 Å². The molecule has 0 aliphatic heterocycles. The minimum atomic E-state index is -0.720. The van der Waals surface area contributed by atoms with Crippen molar-refractivity contribution < 1.29 is 9.90 Å². The topological polar surface area (TPSA) is 66.6 Å². The van der Waals surface area contributed by atoms with Gasteiger partial charge < -0.3 is 15.7 Å². The van der Waals surface area contributed by atoms with Gasteiger partial charge in [-0.05, 0) is 39.7 Å². The van der Waals surface area contributed by atoms with Crippen LogP contribution in [0, 0.1) is 0 Å². The summed E-state index contributed by atoms with van der Waals surface area (Å²) in [5.74, 6) is -0.720. The normalized spacial score (nSPS) is 29.1. The summed E-state index contributed by atoms with van der Waals surface area (Å²) in [6.45, 7) is 1.97. The predicted octanol–water partition coefficient (Wildman–Crippen LogP) is 1.05. The fourth-order valence-electron chi connectivity index (χ4n) is 2.27. The highest BCUT2D eigenvalue weighted by Gasteiger charge is 2.25. The molecule has 1 fully saturated rings. The molecule has 3 N–H and O–H groups in total. The number of hydrogen-bond donors (Lipinski definition) is 2. The average molecular weight is 214 g/mol. The molecular weight excluding hydrogens is 192 g/mol. The number of carboxylic acid groups (broad SMARTS) is 1. The molecule has 0 aromatic heterocycles. The van der Waals surface area contributed by atoms with Gasteiger partial charge in [0.25, 0.3) is 0 Å². The summed E-state index contributed by atoms with van der Waals surface area (Å²) in [4.78, 5) is 12.8. The third-order valence-corrected chi connectivity index (χ3v) is 3.48. The zero-order chi connectivity index (χ0) is 11.4. The third-order valence-electron chi connectivity index (χ3n) is 3.48. The fourth-order valence-corrected chi connectivity index (χ4v) is 2.27. The van der Waals surface area contributed by atoms with E-state index in [1.165, 1.54) is 0 Å². The van der Waals surface area contributed by atoms with E-state index in [-0.39, 0.29) is 12.5 Å². The van der Waals surface area contributed by atoms with E-state index in [0.29, 0.717) is 12.1 Å². The van der Waals surface area contributed by atoms with Gasteiger partial charge in [0.2, 0.25) is 0 Å². The Balaban J connectivity index is 2.38. The summed E-state index contributed by atoms with van der Waals surface area (Å²) in [5.41, 5.74) is 5.84. The Morgan fingerprint density at radius 1 is 1.47 bits per heavy atom. The van der Waals surface area contributed by atoms with E-state index in [2.05, 4.69) is 4.90 Å². The molecule has 4 nitrogen and oxygen atoms in total. The van der Waals surface area contributed by atoms with E-state index in [9.17, 15) is 4.79 Å². The lowest BCUT2D eigenvalue weighted by Crippen LogP contribution is -2.43. The second kappa shape index (κ2) is 5.47. The highest BCUT2D eigenvalue weighted by atomic mass is 16.4. The summed E-state index contributed by atoms with van der Waals surface area (Å²) < 4.78 is 0. The van der Waals surface area contributed by atoms with Crippen LogP contribution in [-0.2, 0) is 4.79 Å². The Hall–Kier alpha value is -0.610. The second-order valence-corrected chi connectivity index (χ2v) is 4.68. The SMILES string of the molecule is CC(CC(=O)O)N(C)C1CCC(N)CC1. The molecule has 1 rings (SSSR count). The van der Waals surface area contributed by atoms with Gasteiger partial charge in [0.15, 0.2) is 0 Å². The maximum absolute atomic E-state index is 10.6. The van der Waals surface area contributed by atoms with E-state index < -0.39 is 5.97 Å². The number of nitrogens with two attached hydrogens (primary N) is 1. The molecule has 4 heteroatoms. The monoisotopic (exact) mass is 214 g/mol. The van der Waals surface area contributed by atoms with Crippen molar-refractivity contribution in [3.63, 3.8) is 0 Å². The van der Waals surface area contributed by atoms with Crippen LogP contribution in [0.15, 0.2) is 0 Å². The number of nitrogens with zero attached hydrogens (tertiary/aromatic N) is 1. The fraction of sp³-hybridized carbons (Fsp3) is 0.909. The minimum absolute atomic E-state index is 0.113. The highest BCUT2D eigenvalue weighted by Crippen LogP contribution is 2.23. The van der Waals surface area contributed by atoms with Crippen LogP contribution in [0.2, 0.25) is 0 Å². The third kappa shape index (κ3) is 3.80. The van der Waals surface area contributed by atoms with Crippen molar-refractivity contribution in [3.05, 3.63) is 0 Å². The van der Waals surface area contributed by atoms with Crippen molar-refractivity contribution in [2.75, 3.05) is 7.05 Å². The van der Waals surface area contributed by atoms with E-state index in [4.69, 9.17) is 10.8 Å². The first kappa shape index (κ1) is 12.5. The maximum Gasteiger partial charge on any atom is 0.304 e. The number of aliphatic carboxylic acids is 1. The molecule has 1 aliphatic carbocycles. The van der Waals surface area contributed by atoms with Crippen LogP contribution >= 0.6 is 0 Å².